The summed E-state index contributed by atoms with van der Waals surface area (Å²) < 4.78 is 0. The van der Waals surface area contributed by atoms with Crippen LogP contribution in [0.25, 0.3) is 0 Å². The predicted molar refractivity (Wildman–Crippen MR) is 95.1 cm³/mol. The molecule has 1 aliphatic carbocycles. The zero-order chi connectivity index (χ0) is 14.8. The van der Waals surface area contributed by atoms with Crippen molar-refractivity contribution in [3.8, 4) is 0 Å². The molecule has 0 aliphatic heterocycles. The second-order valence-corrected chi connectivity index (χ2v) is 7.13. The van der Waals surface area contributed by atoms with E-state index in [4.69, 9.17) is 35.4 Å². The van der Waals surface area contributed by atoms with Gasteiger partial charge < -0.3 is 10.6 Å². The Hall–Kier alpha value is -0.880. The molecule has 2 N–H and O–H groups in total. The quantitative estimate of drug-likeness (QED) is 0.729. The standard InChI is InChI=1S/C14H13Cl2N3S2/c15-8-5-6-9(16)11(7-8)17-13(20)19-14-18-10-3-1-2-4-12(10)21-14/h5-7H,1-4H2,(H2,17,18,19,20). The molecule has 3 nitrogen and oxygen atoms in total. The number of fused-ring (bicyclic) bond motifs is 1. The van der Waals surface area contributed by atoms with Gasteiger partial charge in [-0.2, -0.15) is 0 Å². The SMILES string of the molecule is S=C(Nc1nc2c(s1)CCCC2)Nc1cc(Cl)ccc1Cl. The van der Waals surface area contributed by atoms with Crippen LogP contribution in [0.3, 0.4) is 0 Å². The van der Waals surface area contributed by atoms with E-state index in [-0.39, 0.29) is 0 Å². The highest BCUT2D eigenvalue weighted by Crippen LogP contribution is 2.30. The Morgan fingerprint density at radius 1 is 1.19 bits per heavy atom. The lowest BCUT2D eigenvalue weighted by Crippen LogP contribution is -2.19. The van der Waals surface area contributed by atoms with Crippen molar-refractivity contribution in [2.75, 3.05) is 10.6 Å². The highest BCUT2D eigenvalue weighted by Gasteiger charge is 2.15. The fourth-order valence-corrected chi connectivity index (χ4v) is 3.91. The first-order valence-electron chi connectivity index (χ1n) is 6.63. The van der Waals surface area contributed by atoms with E-state index in [9.17, 15) is 0 Å². The molecule has 110 valence electrons. The normalized spacial score (nSPS) is 13.6. The summed E-state index contributed by atoms with van der Waals surface area (Å²) in [6.07, 6.45) is 4.65. The highest BCUT2D eigenvalue weighted by atomic mass is 35.5. The summed E-state index contributed by atoms with van der Waals surface area (Å²) in [5, 5.41) is 8.64. The van der Waals surface area contributed by atoms with E-state index in [0.29, 0.717) is 20.8 Å². The van der Waals surface area contributed by atoms with Crippen LogP contribution < -0.4 is 10.6 Å². The topological polar surface area (TPSA) is 37.0 Å². The number of thiazole rings is 1. The first kappa shape index (κ1) is 15.0. The van der Waals surface area contributed by atoms with E-state index in [1.54, 1.807) is 29.5 Å². The molecular weight excluding hydrogens is 345 g/mol. The Kier molecular flexibility index (Phi) is 4.64. The first-order chi connectivity index (χ1) is 10.1. The Morgan fingerprint density at radius 3 is 2.81 bits per heavy atom. The molecule has 1 aromatic carbocycles. The number of benzene rings is 1. The molecule has 3 rings (SSSR count). The van der Waals surface area contributed by atoms with Crippen LogP contribution in [-0.2, 0) is 12.8 Å². The van der Waals surface area contributed by atoms with Gasteiger partial charge in [-0.05, 0) is 56.1 Å². The maximum absolute atomic E-state index is 6.10. The molecule has 1 aliphatic rings. The van der Waals surface area contributed by atoms with Gasteiger partial charge in [-0.1, -0.05) is 23.2 Å². The van der Waals surface area contributed by atoms with Crippen molar-refractivity contribution in [1.82, 2.24) is 4.98 Å². The van der Waals surface area contributed by atoms with Crippen LogP contribution in [0.4, 0.5) is 10.8 Å². The van der Waals surface area contributed by atoms with Gasteiger partial charge in [-0.25, -0.2) is 4.98 Å². The first-order valence-corrected chi connectivity index (χ1v) is 8.61. The van der Waals surface area contributed by atoms with Crippen LogP contribution in [0.1, 0.15) is 23.4 Å². The van der Waals surface area contributed by atoms with E-state index >= 15 is 0 Å². The van der Waals surface area contributed by atoms with Crippen molar-refractivity contribution >= 4 is 62.7 Å². The van der Waals surface area contributed by atoms with E-state index in [2.05, 4.69) is 15.6 Å². The van der Waals surface area contributed by atoms with Gasteiger partial charge in [0.15, 0.2) is 10.2 Å². The smallest absolute Gasteiger partial charge is 0.189 e. The minimum absolute atomic E-state index is 0.463. The van der Waals surface area contributed by atoms with Gasteiger partial charge in [0.2, 0.25) is 0 Å². The molecule has 0 radical (unpaired) electrons. The third-order valence-corrected chi connectivity index (χ3v) is 5.08. The number of halogens is 2. The van der Waals surface area contributed by atoms with Crippen LogP contribution in [0, 0.1) is 0 Å². The van der Waals surface area contributed by atoms with Gasteiger partial charge in [-0.3, -0.25) is 0 Å². The fourth-order valence-electron chi connectivity index (χ4n) is 2.25. The number of nitrogens with zero attached hydrogens (tertiary/aromatic N) is 1. The van der Waals surface area contributed by atoms with E-state index in [1.807, 2.05) is 0 Å². The van der Waals surface area contributed by atoms with Crippen molar-refractivity contribution in [2.24, 2.45) is 0 Å². The minimum atomic E-state index is 0.463. The maximum Gasteiger partial charge on any atom is 0.189 e. The van der Waals surface area contributed by atoms with Gasteiger partial charge in [-0.15, -0.1) is 11.3 Å². The number of thiocarbonyl (C=S) groups is 1. The number of hydrogen-bond donors (Lipinski definition) is 2. The summed E-state index contributed by atoms with van der Waals surface area (Å²) in [7, 11) is 0. The minimum Gasteiger partial charge on any atom is -0.331 e. The van der Waals surface area contributed by atoms with Crippen LogP contribution in [0.15, 0.2) is 18.2 Å². The average molecular weight is 358 g/mol. The molecule has 1 aromatic heterocycles. The van der Waals surface area contributed by atoms with Crippen LogP contribution >= 0.6 is 46.8 Å². The average Bonchev–Trinajstić information content (AvgIpc) is 2.84. The van der Waals surface area contributed by atoms with Gasteiger partial charge in [0, 0.05) is 9.90 Å². The number of aromatic nitrogens is 1. The monoisotopic (exact) mass is 357 g/mol. The Morgan fingerprint density at radius 2 is 2.00 bits per heavy atom. The maximum atomic E-state index is 6.10. The highest BCUT2D eigenvalue weighted by molar-refractivity contribution is 7.80. The molecule has 2 aromatic rings. The van der Waals surface area contributed by atoms with Gasteiger partial charge in [0.05, 0.1) is 16.4 Å². The van der Waals surface area contributed by atoms with E-state index in [1.165, 1.54) is 23.4 Å². The molecule has 1 heterocycles. The number of nitrogens with one attached hydrogen (secondary N) is 2. The predicted octanol–water partition coefficient (Wildman–Crippen LogP) is 5.14. The van der Waals surface area contributed by atoms with Crippen molar-refractivity contribution in [3.63, 3.8) is 0 Å². The summed E-state index contributed by atoms with van der Waals surface area (Å²) in [5.74, 6) is 0. The molecule has 0 bridgehead atoms. The molecule has 21 heavy (non-hydrogen) atoms. The summed E-state index contributed by atoms with van der Waals surface area (Å²) >= 11 is 19.0. The molecule has 0 saturated heterocycles. The molecule has 7 heteroatoms. The van der Waals surface area contributed by atoms with Crippen LogP contribution in [-0.4, -0.2) is 10.1 Å². The lowest BCUT2D eigenvalue weighted by molar-refractivity contribution is 0.683. The molecule has 0 atom stereocenters. The largest absolute Gasteiger partial charge is 0.331 e. The molecule has 0 unspecified atom stereocenters. The second kappa shape index (κ2) is 6.48. The second-order valence-electron chi connectivity index (χ2n) is 4.80. The van der Waals surface area contributed by atoms with Crippen molar-refractivity contribution in [2.45, 2.75) is 25.7 Å². The van der Waals surface area contributed by atoms with E-state index in [0.717, 1.165) is 18.0 Å². The zero-order valence-electron chi connectivity index (χ0n) is 11.1. The third-order valence-electron chi connectivity index (χ3n) is 3.24. The summed E-state index contributed by atoms with van der Waals surface area (Å²) in [5.41, 5.74) is 1.89. The summed E-state index contributed by atoms with van der Waals surface area (Å²) in [6.45, 7) is 0. The Labute approximate surface area is 142 Å². The number of rotatable bonds is 2. The lowest BCUT2D eigenvalue weighted by Gasteiger charge is -2.10. The Balaban J connectivity index is 1.69. The molecule has 0 saturated carbocycles. The summed E-state index contributed by atoms with van der Waals surface area (Å²) in [6, 6.07) is 5.21. The van der Waals surface area contributed by atoms with Crippen LogP contribution in [0.5, 0.6) is 0 Å². The number of aryl methyl sites for hydroxylation is 2. The van der Waals surface area contributed by atoms with Crippen molar-refractivity contribution in [3.05, 3.63) is 38.8 Å². The van der Waals surface area contributed by atoms with Gasteiger partial charge in [0.1, 0.15) is 0 Å². The zero-order valence-corrected chi connectivity index (χ0v) is 14.2. The number of hydrogen-bond acceptors (Lipinski definition) is 3. The number of anilines is 2. The molecule has 0 fully saturated rings. The molecule has 0 amide bonds. The summed E-state index contributed by atoms with van der Waals surface area (Å²) in [4.78, 5) is 5.96. The third kappa shape index (κ3) is 3.66. The molecule has 0 spiro atoms. The van der Waals surface area contributed by atoms with Gasteiger partial charge >= 0.3 is 0 Å². The van der Waals surface area contributed by atoms with Gasteiger partial charge in [0.25, 0.3) is 0 Å². The van der Waals surface area contributed by atoms with Crippen molar-refractivity contribution in [1.29, 1.82) is 0 Å². The Bertz CT molecular complexity index is 661. The van der Waals surface area contributed by atoms with Crippen LogP contribution in [0.2, 0.25) is 10.0 Å². The van der Waals surface area contributed by atoms with Crippen molar-refractivity contribution < 1.29 is 0 Å². The van der Waals surface area contributed by atoms with E-state index < -0.39 is 0 Å². The fraction of sp³-hybridized carbons (Fsp3) is 0.286. The lowest BCUT2D eigenvalue weighted by atomic mass is 10.0. The molecular formula is C14H13Cl2N3S2.